The molecule has 16 nitrogen and oxygen atoms in total. The number of amides is 2. The number of anilines is 3. The molecule has 5 N–H and O–H groups in total. The van der Waals surface area contributed by atoms with Crippen molar-refractivity contribution in [1.82, 2.24) is 35.5 Å². The second-order valence-corrected chi connectivity index (χ2v) is 16.2. The first kappa shape index (κ1) is 44.0. The molecule has 4 fully saturated rings. The fraction of sp³-hybridized carbons (Fsp3) is 0.450. The zero-order chi connectivity index (χ0) is 41.7. The molecule has 4 aromatic rings. The van der Waals surface area contributed by atoms with Gasteiger partial charge in [0.25, 0.3) is 0 Å². The van der Waals surface area contributed by atoms with Crippen molar-refractivity contribution in [2.24, 2.45) is 0 Å². The Kier molecular flexibility index (Phi) is 15.8. The van der Waals surface area contributed by atoms with Gasteiger partial charge in [0.15, 0.2) is 21.9 Å². The maximum Gasteiger partial charge on any atom is 0.410 e. The summed E-state index contributed by atoms with van der Waals surface area (Å²) < 4.78 is 23.7. The number of piperidine rings is 2. The van der Waals surface area contributed by atoms with E-state index < -0.39 is 0 Å². The first-order valence-corrected chi connectivity index (χ1v) is 20.9. The molecule has 2 amide bonds. The van der Waals surface area contributed by atoms with Crippen molar-refractivity contribution in [3.8, 4) is 0 Å². The molecule has 6 heterocycles. The lowest BCUT2D eigenvalue weighted by Gasteiger charge is -2.47. The summed E-state index contributed by atoms with van der Waals surface area (Å²) in [5.74, 6) is 0.709. The second kappa shape index (κ2) is 21.1. The lowest BCUT2D eigenvalue weighted by atomic mass is 9.89. The summed E-state index contributed by atoms with van der Waals surface area (Å²) in [6, 6.07) is 22.8. The number of halogens is 3. The molecule has 4 aliphatic heterocycles. The predicted octanol–water partition coefficient (Wildman–Crippen LogP) is 5.97. The molecule has 0 radical (unpaired) electrons. The highest BCUT2D eigenvalue weighted by atomic mass is 79.9. The van der Waals surface area contributed by atoms with E-state index in [0.29, 0.717) is 72.4 Å². The molecule has 4 aliphatic rings. The van der Waals surface area contributed by atoms with Crippen molar-refractivity contribution in [1.29, 1.82) is 0 Å². The van der Waals surface area contributed by atoms with Crippen molar-refractivity contribution in [2.45, 2.75) is 50.1 Å². The highest BCUT2D eigenvalue weighted by Gasteiger charge is 2.42. The molecule has 2 aromatic carbocycles. The molecule has 0 atom stereocenters. The van der Waals surface area contributed by atoms with Gasteiger partial charge in [0, 0.05) is 32.2 Å². The summed E-state index contributed by atoms with van der Waals surface area (Å²) in [5, 5.41) is 18.7. The van der Waals surface area contributed by atoms with Gasteiger partial charge in [0.05, 0.1) is 47.7 Å². The maximum atomic E-state index is 12.6. The van der Waals surface area contributed by atoms with Gasteiger partial charge in [-0.3, -0.25) is 0 Å². The third-order valence-electron chi connectivity index (χ3n) is 10.5. The summed E-state index contributed by atoms with van der Waals surface area (Å²) in [4.78, 5) is 30.5. The number of nitrogens with two attached hydrogens (primary N) is 2. The molecule has 19 heteroatoms. The van der Waals surface area contributed by atoms with E-state index in [0.717, 1.165) is 68.7 Å². The lowest BCUT2D eigenvalue weighted by molar-refractivity contribution is -0.118. The van der Waals surface area contributed by atoms with Crippen LogP contribution in [0, 0.1) is 0 Å². The van der Waals surface area contributed by atoms with Crippen LogP contribution in [-0.2, 0) is 32.2 Å². The number of nitrogen functional groups attached to an aromatic ring is 2. The van der Waals surface area contributed by atoms with Crippen LogP contribution in [0.15, 0.2) is 77.3 Å². The Hall–Kier alpha value is -4.52. The largest absolute Gasteiger partial charge is 0.445 e. The van der Waals surface area contributed by atoms with Gasteiger partial charge >= 0.3 is 12.2 Å². The van der Waals surface area contributed by atoms with Crippen molar-refractivity contribution in [2.75, 3.05) is 81.9 Å². The summed E-state index contributed by atoms with van der Waals surface area (Å²) >= 11 is 14.6. The molecule has 2 spiro atoms. The zero-order valence-electron chi connectivity index (χ0n) is 32.6. The molecule has 0 unspecified atom stereocenters. The Morgan fingerprint density at radius 2 is 1.17 bits per heavy atom. The van der Waals surface area contributed by atoms with Crippen LogP contribution in [0.3, 0.4) is 0 Å². The van der Waals surface area contributed by atoms with Crippen molar-refractivity contribution in [3.63, 3.8) is 0 Å². The third-order valence-corrected chi connectivity index (χ3v) is 11.5. The van der Waals surface area contributed by atoms with E-state index in [1.165, 1.54) is 0 Å². The number of carbonyl (C=O) groups is 2. The molecular weight excluding hydrogens is 867 g/mol. The van der Waals surface area contributed by atoms with Crippen molar-refractivity contribution in [3.05, 3.63) is 98.7 Å². The summed E-state index contributed by atoms with van der Waals surface area (Å²) in [6.45, 7) is 7.39. The Morgan fingerprint density at radius 3 is 1.66 bits per heavy atom. The van der Waals surface area contributed by atoms with Crippen molar-refractivity contribution >= 4 is 68.6 Å². The first-order chi connectivity index (χ1) is 28.5. The molecule has 2 aromatic heterocycles. The average Bonchev–Trinajstić information content (AvgIpc) is 3.26. The van der Waals surface area contributed by atoms with Gasteiger partial charge in [0.1, 0.15) is 13.2 Å². The topological polar surface area (TPSA) is 196 Å². The normalized spacial score (nSPS) is 18.2. The highest BCUT2D eigenvalue weighted by molar-refractivity contribution is 9.10. The fourth-order valence-electron chi connectivity index (χ4n) is 7.24. The van der Waals surface area contributed by atoms with Gasteiger partial charge < -0.3 is 50.4 Å². The number of nitrogens with one attached hydrogen (secondary N) is 1. The highest BCUT2D eigenvalue weighted by Crippen LogP contribution is 2.34. The van der Waals surface area contributed by atoms with Gasteiger partial charge in [-0.25, -0.2) is 9.59 Å². The SMILES string of the molecule is Nc1nnc(Cl)cc1Br.Nc1nnc(Cl)cc1N1CCC2(CC1)CN(C(=O)OCc1ccccc1)CCO2.O=C(OCc1ccccc1)N1CCOC2(CCNCC2)C1. The number of morpholine rings is 2. The van der Waals surface area contributed by atoms with Crippen LogP contribution < -0.4 is 21.7 Å². The quantitative estimate of drug-likeness (QED) is 0.212. The van der Waals surface area contributed by atoms with Gasteiger partial charge in [-0.15, -0.1) is 20.4 Å². The Bertz CT molecular complexity index is 1970. The standard InChI is InChI=1S/C20H24ClN5O3.C16H22N2O3.C4H3BrClN3/c21-17-12-16(18(22)24-23-17)25-8-6-20(7-9-25)14-26(10-11-29-20)19(27)28-13-15-4-2-1-3-5-15;19-15(20-12-14-4-2-1-3-5-14)18-10-11-21-16(13-18)6-8-17-9-7-16;5-2-1-3(6)8-9-4(2)7/h1-5,12H,6-11,13-14H2,(H2,22,24);1-5,17H,6-13H2;1H,(H2,7,9). The maximum absolute atomic E-state index is 12.6. The van der Waals surface area contributed by atoms with E-state index in [-0.39, 0.29) is 30.0 Å². The van der Waals surface area contributed by atoms with E-state index in [1.807, 2.05) is 60.7 Å². The number of ether oxygens (including phenoxy) is 4. The number of rotatable bonds is 5. The van der Waals surface area contributed by atoms with Gasteiger partial charge in [-0.2, -0.15) is 0 Å². The fourth-order valence-corrected chi connectivity index (χ4v) is 7.96. The monoisotopic (exact) mass is 914 g/mol. The Morgan fingerprint density at radius 1 is 0.695 bits per heavy atom. The Labute approximate surface area is 361 Å². The second-order valence-electron chi connectivity index (χ2n) is 14.6. The number of benzene rings is 2. The molecule has 316 valence electrons. The van der Waals surface area contributed by atoms with Crippen LogP contribution in [-0.4, -0.2) is 119 Å². The molecular formula is C40H49BrCl2N10O6. The summed E-state index contributed by atoms with van der Waals surface area (Å²) in [6.07, 6.45) is 2.92. The molecule has 0 saturated carbocycles. The van der Waals surface area contributed by atoms with Crippen LogP contribution in [0.1, 0.15) is 36.8 Å². The van der Waals surface area contributed by atoms with Crippen LogP contribution in [0.5, 0.6) is 0 Å². The van der Waals surface area contributed by atoms with Crippen LogP contribution >= 0.6 is 39.1 Å². The van der Waals surface area contributed by atoms with Gasteiger partial charge in [0.2, 0.25) is 0 Å². The van der Waals surface area contributed by atoms with Crippen LogP contribution in [0.25, 0.3) is 0 Å². The molecule has 8 rings (SSSR count). The van der Waals surface area contributed by atoms with Crippen LogP contribution in [0.4, 0.5) is 26.9 Å². The van der Waals surface area contributed by atoms with Gasteiger partial charge in [-0.05, 0) is 71.9 Å². The smallest absolute Gasteiger partial charge is 0.410 e. The lowest BCUT2D eigenvalue weighted by Crippen LogP contribution is -2.58. The number of hydrogen-bond donors (Lipinski definition) is 3. The zero-order valence-corrected chi connectivity index (χ0v) is 35.7. The van der Waals surface area contributed by atoms with E-state index in [1.54, 1.807) is 21.9 Å². The molecule has 0 bridgehead atoms. The predicted molar refractivity (Wildman–Crippen MR) is 228 cm³/mol. The number of carbonyl (C=O) groups excluding carboxylic acids is 2. The van der Waals surface area contributed by atoms with E-state index in [9.17, 15) is 9.59 Å². The van der Waals surface area contributed by atoms with Gasteiger partial charge in [-0.1, -0.05) is 83.9 Å². The summed E-state index contributed by atoms with van der Waals surface area (Å²) in [7, 11) is 0. The van der Waals surface area contributed by atoms with E-state index >= 15 is 0 Å². The molecule has 59 heavy (non-hydrogen) atoms. The number of aromatic nitrogens is 4. The van der Waals surface area contributed by atoms with E-state index in [2.05, 4.69) is 46.5 Å². The number of hydrogen-bond acceptors (Lipinski definition) is 14. The molecule has 0 aliphatic carbocycles. The molecule has 4 saturated heterocycles. The van der Waals surface area contributed by atoms with Crippen molar-refractivity contribution < 1.29 is 28.5 Å². The minimum absolute atomic E-state index is 0.171. The summed E-state index contributed by atoms with van der Waals surface area (Å²) in [5.41, 5.74) is 13.5. The third kappa shape index (κ3) is 12.7. The van der Waals surface area contributed by atoms with Crippen LogP contribution in [0.2, 0.25) is 10.3 Å². The minimum Gasteiger partial charge on any atom is -0.445 e. The minimum atomic E-state index is -0.362. The average molecular weight is 917 g/mol. The first-order valence-electron chi connectivity index (χ1n) is 19.4. The van der Waals surface area contributed by atoms with E-state index in [4.69, 9.17) is 53.6 Å². The Balaban J connectivity index is 0.000000169. The number of nitrogens with zero attached hydrogens (tertiary/aromatic N) is 7.